The zero-order chi connectivity index (χ0) is 31.5. The second-order valence-electron chi connectivity index (χ2n) is 17.1. The van der Waals surface area contributed by atoms with Crippen molar-refractivity contribution in [2.24, 2.45) is 23.2 Å². The number of aliphatic hydroxyl groups is 2. The van der Waals surface area contributed by atoms with Gasteiger partial charge in [-0.25, -0.2) is 0 Å². The summed E-state index contributed by atoms with van der Waals surface area (Å²) in [6.45, 7) is 29.6. The standard InChI is InChI=1S/C35H72O4Si2/c1-14-41(15-2,16-3)39-33(7,8)25-17-19-27(21-24-31(36)34(9,10)37)28-22-23-29-30(20-18-26-35(28,29)11)38-40(12,13)32(4,5)6/h27-31,36-37H,14-26H2,1-13H3/t27?,28-,29+,30+,31+,35-/m1/s1. The quantitative estimate of drug-likeness (QED) is 0.170. The Morgan fingerprint density at radius 2 is 1.46 bits per heavy atom. The molecular weight excluding hydrogens is 541 g/mol. The van der Waals surface area contributed by atoms with Gasteiger partial charge in [-0.15, -0.1) is 0 Å². The maximum Gasteiger partial charge on any atom is 0.192 e. The van der Waals surface area contributed by atoms with Gasteiger partial charge >= 0.3 is 0 Å². The molecule has 2 aliphatic rings. The van der Waals surface area contributed by atoms with E-state index in [2.05, 4.69) is 75.4 Å². The summed E-state index contributed by atoms with van der Waals surface area (Å²) in [7, 11) is -3.48. The molecule has 0 heterocycles. The SMILES string of the molecule is CC[Si](CC)(CC)OC(C)(C)CCCC(CC[C@H](O)C(C)(C)O)[C@H]1CC[C@H]2[C@@H](O[Si](C)(C)C(C)(C)C)CCC[C@]12C. The van der Waals surface area contributed by atoms with E-state index in [0.717, 1.165) is 12.8 Å². The molecule has 0 aromatic heterocycles. The number of hydrogen-bond donors (Lipinski definition) is 2. The highest BCUT2D eigenvalue weighted by molar-refractivity contribution is 6.74. The third kappa shape index (κ3) is 9.39. The van der Waals surface area contributed by atoms with Gasteiger partial charge in [-0.3, -0.25) is 0 Å². The van der Waals surface area contributed by atoms with Crippen LogP contribution in [0.2, 0.25) is 36.3 Å². The van der Waals surface area contributed by atoms with Crippen molar-refractivity contribution in [3.8, 4) is 0 Å². The first-order chi connectivity index (χ1) is 18.7. The van der Waals surface area contributed by atoms with E-state index in [1.54, 1.807) is 13.8 Å². The van der Waals surface area contributed by atoms with Crippen LogP contribution in [0.4, 0.5) is 0 Å². The smallest absolute Gasteiger partial charge is 0.192 e. The Kier molecular flexibility index (Phi) is 12.9. The minimum atomic E-state index is -1.83. The summed E-state index contributed by atoms with van der Waals surface area (Å²) in [5.74, 6) is 1.86. The van der Waals surface area contributed by atoms with E-state index in [9.17, 15) is 10.2 Å². The Morgan fingerprint density at radius 1 is 0.878 bits per heavy atom. The largest absolute Gasteiger partial charge is 0.414 e. The van der Waals surface area contributed by atoms with Gasteiger partial charge in [0.05, 0.1) is 17.3 Å². The third-order valence-electron chi connectivity index (χ3n) is 12.4. The lowest BCUT2D eigenvalue weighted by Crippen LogP contribution is -2.50. The Labute approximate surface area is 258 Å². The molecule has 0 radical (unpaired) electrons. The molecule has 2 N–H and O–H groups in total. The van der Waals surface area contributed by atoms with E-state index >= 15 is 0 Å². The first-order valence-corrected chi connectivity index (χ1v) is 22.9. The van der Waals surface area contributed by atoms with Crippen LogP contribution in [0, 0.1) is 23.2 Å². The van der Waals surface area contributed by atoms with Crippen molar-refractivity contribution in [2.45, 2.75) is 200 Å². The molecule has 0 aromatic carbocycles. The van der Waals surface area contributed by atoms with Gasteiger partial charge in [0, 0.05) is 6.10 Å². The van der Waals surface area contributed by atoms with E-state index in [4.69, 9.17) is 8.85 Å². The first kappa shape index (κ1) is 37.5. The molecule has 2 rings (SSSR count). The molecule has 0 bridgehead atoms. The van der Waals surface area contributed by atoms with Crippen LogP contribution in [0.25, 0.3) is 0 Å². The van der Waals surface area contributed by atoms with E-state index in [1.165, 1.54) is 63.1 Å². The van der Waals surface area contributed by atoms with E-state index in [-0.39, 0.29) is 10.6 Å². The molecule has 244 valence electrons. The Hall–Kier alpha value is 0.274. The second-order valence-corrected chi connectivity index (χ2v) is 26.6. The fraction of sp³-hybridized carbons (Fsp3) is 1.00. The summed E-state index contributed by atoms with van der Waals surface area (Å²) in [6.07, 6.45) is 11.2. The number of hydrogen-bond acceptors (Lipinski definition) is 4. The van der Waals surface area contributed by atoms with Crippen molar-refractivity contribution in [3.63, 3.8) is 0 Å². The normalized spacial score (nSPS) is 28.0. The highest BCUT2D eigenvalue weighted by atomic mass is 28.4. The summed E-state index contributed by atoms with van der Waals surface area (Å²) >= 11 is 0. The molecule has 6 heteroatoms. The van der Waals surface area contributed by atoms with Crippen LogP contribution in [0.15, 0.2) is 0 Å². The Balaban J connectivity index is 2.22. The van der Waals surface area contributed by atoms with Gasteiger partial charge in [-0.1, -0.05) is 67.7 Å². The van der Waals surface area contributed by atoms with Crippen LogP contribution in [0.1, 0.15) is 140 Å². The van der Waals surface area contributed by atoms with Crippen molar-refractivity contribution in [1.82, 2.24) is 0 Å². The van der Waals surface area contributed by atoms with Crippen LogP contribution < -0.4 is 0 Å². The van der Waals surface area contributed by atoms with Crippen LogP contribution in [-0.4, -0.2) is 50.3 Å². The third-order valence-corrected chi connectivity index (χ3v) is 21.7. The maximum atomic E-state index is 10.8. The van der Waals surface area contributed by atoms with Gasteiger partial charge < -0.3 is 19.1 Å². The van der Waals surface area contributed by atoms with Crippen molar-refractivity contribution < 1.29 is 19.1 Å². The van der Waals surface area contributed by atoms with Gasteiger partial charge in [-0.05, 0) is 132 Å². The molecule has 4 nitrogen and oxygen atoms in total. The maximum absolute atomic E-state index is 10.8. The molecule has 41 heavy (non-hydrogen) atoms. The zero-order valence-electron chi connectivity index (χ0n) is 29.8. The summed E-state index contributed by atoms with van der Waals surface area (Å²) < 4.78 is 14.1. The van der Waals surface area contributed by atoms with E-state index < -0.39 is 28.3 Å². The van der Waals surface area contributed by atoms with Gasteiger partial charge in [0.25, 0.3) is 0 Å². The van der Waals surface area contributed by atoms with Gasteiger partial charge in [0.2, 0.25) is 0 Å². The van der Waals surface area contributed by atoms with Crippen LogP contribution in [0.5, 0.6) is 0 Å². The van der Waals surface area contributed by atoms with Crippen molar-refractivity contribution >= 4 is 16.6 Å². The molecule has 2 fully saturated rings. The molecule has 0 spiro atoms. The van der Waals surface area contributed by atoms with E-state index in [1.807, 2.05) is 0 Å². The average Bonchev–Trinajstić information content (AvgIpc) is 3.20. The fourth-order valence-electron chi connectivity index (χ4n) is 8.30. The highest BCUT2D eigenvalue weighted by Crippen LogP contribution is 2.60. The minimum absolute atomic E-state index is 0.0829. The van der Waals surface area contributed by atoms with Crippen molar-refractivity contribution in [2.75, 3.05) is 0 Å². The average molecular weight is 613 g/mol. The van der Waals surface area contributed by atoms with Crippen LogP contribution >= 0.6 is 0 Å². The Morgan fingerprint density at radius 3 is 1.98 bits per heavy atom. The monoisotopic (exact) mass is 612 g/mol. The fourth-order valence-corrected chi connectivity index (χ4v) is 12.9. The molecular formula is C35H72O4Si2. The van der Waals surface area contributed by atoms with Gasteiger partial charge in [0.1, 0.15) is 0 Å². The lowest BCUT2D eigenvalue weighted by Gasteiger charge is -2.50. The molecule has 6 atom stereocenters. The lowest BCUT2D eigenvalue weighted by atomic mass is 9.60. The predicted octanol–water partition coefficient (Wildman–Crippen LogP) is 10.1. The van der Waals surface area contributed by atoms with Crippen molar-refractivity contribution in [1.29, 1.82) is 0 Å². The van der Waals surface area contributed by atoms with Crippen LogP contribution in [-0.2, 0) is 8.85 Å². The minimum Gasteiger partial charge on any atom is -0.414 e. The Bertz CT molecular complexity index is 787. The molecule has 2 aliphatic carbocycles. The van der Waals surface area contributed by atoms with Gasteiger partial charge in [0.15, 0.2) is 16.6 Å². The summed E-state index contributed by atoms with van der Waals surface area (Å²) in [5.41, 5.74) is -0.833. The molecule has 2 saturated carbocycles. The molecule has 0 aliphatic heterocycles. The first-order valence-electron chi connectivity index (χ1n) is 17.5. The zero-order valence-corrected chi connectivity index (χ0v) is 31.8. The molecule has 1 unspecified atom stereocenters. The molecule has 0 amide bonds. The number of rotatable bonds is 16. The highest BCUT2D eigenvalue weighted by Gasteiger charge is 2.55. The van der Waals surface area contributed by atoms with Crippen LogP contribution in [0.3, 0.4) is 0 Å². The molecule has 0 aromatic rings. The lowest BCUT2D eigenvalue weighted by molar-refractivity contribution is -0.0592. The summed E-state index contributed by atoms with van der Waals surface area (Å²) in [6, 6.07) is 3.59. The van der Waals surface area contributed by atoms with E-state index in [0.29, 0.717) is 35.7 Å². The molecule has 0 saturated heterocycles. The number of aliphatic hydroxyl groups excluding tert-OH is 1. The summed E-state index contributed by atoms with van der Waals surface area (Å²) in [4.78, 5) is 0. The number of fused-ring (bicyclic) bond motifs is 1. The van der Waals surface area contributed by atoms with Crippen molar-refractivity contribution in [3.05, 3.63) is 0 Å². The summed E-state index contributed by atoms with van der Waals surface area (Å²) in [5, 5.41) is 21.5. The van der Waals surface area contributed by atoms with Gasteiger partial charge in [-0.2, -0.15) is 0 Å². The topological polar surface area (TPSA) is 58.9 Å². The predicted molar refractivity (Wildman–Crippen MR) is 181 cm³/mol. The second kappa shape index (κ2) is 14.1.